The third-order valence-electron chi connectivity index (χ3n) is 3.19. The Labute approximate surface area is 103 Å². The second kappa shape index (κ2) is 5.19. The normalized spacial score (nSPS) is 17.5. The lowest BCUT2D eigenvalue weighted by Crippen LogP contribution is -2.15. The third-order valence-corrected chi connectivity index (χ3v) is 4.56. The van der Waals surface area contributed by atoms with Crippen LogP contribution in [0.15, 0.2) is 29.2 Å². The molecule has 0 unspecified atom stereocenters. The fourth-order valence-electron chi connectivity index (χ4n) is 2.11. The first-order valence-electron chi connectivity index (χ1n) is 6.14. The van der Waals surface area contributed by atoms with Crippen LogP contribution in [0.3, 0.4) is 0 Å². The van der Waals surface area contributed by atoms with Gasteiger partial charge in [-0.2, -0.15) is 8.42 Å². The van der Waals surface area contributed by atoms with Crippen LogP contribution in [-0.4, -0.2) is 14.5 Å². The molecule has 1 aromatic carbocycles. The highest BCUT2D eigenvalue weighted by Gasteiger charge is 2.24. The van der Waals surface area contributed by atoms with E-state index in [4.69, 9.17) is 4.18 Å². The lowest BCUT2D eigenvalue weighted by molar-refractivity contribution is 0.217. The van der Waals surface area contributed by atoms with Gasteiger partial charge in [0, 0.05) is 0 Å². The molecule has 1 aromatic rings. The minimum absolute atomic E-state index is 0.120. The first-order valence-corrected chi connectivity index (χ1v) is 7.55. The maximum atomic E-state index is 12.0. The molecule has 1 aliphatic rings. The number of rotatable bonds is 4. The molecule has 1 saturated carbocycles. The maximum Gasteiger partial charge on any atom is 0.297 e. The molecule has 2 rings (SSSR count). The molecule has 0 aromatic heterocycles. The van der Waals surface area contributed by atoms with Gasteiger partial charge in [0.1, 0.15) is 0 Å². The van der Waals surface area contributed by atoms with Gasteiger partial charge in [-0.3, -0.25) is 4.18 Å². The van der Waals surface area contributed by atoms with Gasteiger partial charge in [-0.05, 0) is 37.0 Å². The van der Waals surface area contributed by atoms with Crippen molar-refractivity contribution in [2.24, 2.45) is 0 Å². The van der Waals surface area contributed by atoms with E-state index in [1.165, 1.54) is 0 Å². The van der Waals surface area contributed by atoms with Crippen molar-refractivity contribution in [1.82, 2.24) is 0 Å². The number of benzene rings is 1. The van der Waals surface area contributed by atoms with Crippen LogP contribution in [0.2, 0.25) is 0 Å². The van der Waals surface area contributed by atoms with Crippen molar-refractivity contribution in [3.8, 4) is 0 Å². The Morgan fingerprint density at radius 3 is 2.29 bits per heavy atom. The van der Waals surface area contributed by atoms with Gasteiger partial charge in [-0.25, -0.2) is 0 Å². The van der Waals surface area contributed by atoms with Gasteiger partial charge in [0.05, 0.1) is 11.0 Å². The molecule has 0 aliphatic heterocycles. The SMILES string of the molecule is CCc1ccc(S(=O)(=O)OC2CCCC2)cc1. The lowest BCUT2D eigenvalue weighted by atomic mass is 10.2. The van der Waals surface area contributed by atoms with Crippen molar-refractivity contribution < 1.29 is 12.6 Å². The van der Waals surface area contributed by atoms with E-state index in [1.807, 2.05) is 19.1 Å². The predicted octanol–water partition coefficient (Wildman–Crippen LogP) is 2.90. The Morgan fingerprint density at radius 1 is 1.18 bits per heavy atom. The second-order valence-corrected chi connectivity index (χ2v) is 6.03. The molecule has 17 heavy (non-hydrogen) atoms. The fraction of sp³-hybridized carbons (Fsp3) is 0.538. The summed E-state index contributed by atoms with van der Waals surface area (Å²) in [6.45, 7) is 2.04. The summed E-state index contributed by atoms with van der Waals surface area (Å²) in [5, 5.41) is 0. The molecule has 3 nitrogen and oxygen atoms in total. The second-order valence-electron chi connectivity index (χ2n) is 4.45. The van der Waals surface area contributed by atoms with Gasteiger partial charge in [-0.1, -0.05) is 31.9 Å². The molecule has 94 valence electrons. The predicted molar refractivity (Wildman–Crippen MR) is 66.3 cm³/mol. The van der Waals surface area contributed by atoms with E-state index in [2.05, 4.69) is 0 Å². The van der Waals surface area contributed by atoms with E-state index >= 15 is 0 Å². The van der Waals surface area contributed by atoms with E-state index in [-0.39, 0.29) is 11.0 Å². The van der Waals surface area contributed by atoms with Crippen molar-refractivity contribution in [2.45, 2.75) is 50.0 Å². The molecule has 0 heterocycles. The number of aryl methyl sites for hydroxylation is 1. The molecule has 0 bridgehead atoms. The van der Waals surface area contributed by atoms with Crippen LogP contribution in [0.25, 0.3) is 0 Å². The van der Waals surface area contributed by atoms with E-state index < -0.39 is 10.1 Å². The fourth-order valence-corrected chi connectivity index (χ4v) is 3.24. The van der Waals surface area contributed by atoms with Crippen LogP contribution in [0.1, 0.15) is 38.2 Å². The van der Waals surface area contributed by atoms with Crippen molar-refractivity contribution in [3.63, 3.8) is 0 Å². The van der Waals surface area contributed by atoms with Gasteiger partial charge >= 0.3 is 0 Å². The van der Waals surface area contributed by atoms with Crippen molar-refractivity contribution in [3.05, 3.63) is 29.8 Å². The summed E-state index contributed by atoms with van der Waals surface area (Å²) in [6.07, 6.45) is 4.62. The van der Waals surface area contributed by atoms with E-state index in [0.29, 0.717) is 0 Å². The largest absolute Gasteiger partial charge is 0.297 e. The average molecular weight is 254 g/mol. The third kappa shape index (κ3) is 3.07. The Balaban J connectivity index is 2.12. The molecule has 0 atom stereocenters. The molecule has 0 radical (unpaired) electrons. The summed E-state index contributed by atoms with van der Waals surface area (Å²) in [5.74, 6) is 0. The van der Waals surface area contributed by atoms with Crippen molar-refractivity contribution in [1.29, 1.82) is 0 Å². The summed E-state index contributed by atoms with van der Waals surface area (Å²) in [7, 11) is -3.57. The van der Waals surface area contributed by atoms with Gasteiger partial charge < -0.3 is 0 Å². The Bertz CT molecular complexity index is 456. The summed E-state index contributed by atoms with van der Waals surface area (Å²) in [5.41, 5.74) is 1.13. The molecule has 1 aliphatic carbocycles. The van der Waals surface area contributed by atoms with Gasteiger partial charge in [0.2, 0.25) is 0 Å². The zero-order valence-electron chi connectivity index (χ0n) is 10.1. The molecular weight excluding hydrogens is 236 g/mol. The molecule has 0 saturated heterocycles. The van der Waals surface area contributed by atoms with Gasteiger partial charge in [-0.15, -0.1) is 0 Å². The smallest absolute Gasteiger partial charge is 0.263 e. The average Bonchev–Trinajstić information content (AvgIpc) is 2.81. The quantitative estimate of drug-likeness (QED) is 0.776. The summed E-state index contributed by atoms with van der Waals surface area (Å²) >= 11 is 0. The van der Waals surface area contributed by atoms with Crippen LogP contribution >= 0.6 is 0 Å². The number of hydrogen-bond donors (Lipinski definition) is 0. The lowest BCUT2D eigenvalue weighted by Gasteiger charge is -2.11. The monoisotopic (exact) mass is 254 g/mol. The molecule has 0 amide bonds. The van der Waals surface area contributed by atoms with Crippen LogP contribution < -0.4 is 0 Å². The molecule has 1 fully saturated rings. The summed E-state index contributed by atoms with van der Waals surface area (Å²) in [4.78, 5) is 0.265. The van der Waals surface area contributed by atoms with E-state index in [1.54, 1.807) is 12.1 Å². The van der Waals surface area contributed by atoms with Gasteiger partial charge in [0.25, 0.3) is 10.1 Å². The minimum atomic E-state index is -3.57. The summed E-state index contributed by atoms with van der Waals surface area (Å²) in [6, 6.07) is 6.93. The standard InChI is InChI=1S/C13H18O3S/c1-2-11-7-9-13(10-8-11)17(14,15)16-12-5-3-4-6-12/h7-10,12H,2-6H2,1H3. The molecule has 0 spiro atoms. The van der Waals surface area contributed by atoms with Crippen LogP contribution in [0.5, 0.6) is 0 Å². The van der Waals surface area contributed by atoms with E-state index in [9.17, 15) is 8.42 Å². The van der Waals surface area contributed by atoms with Crippen LogP contribution in [-0.2, 0) is 20.7 Å². The topological polar surface area (TPSA) is 43.4 Å². The zero-order valence-corrected chi connectivity index (χ0v) is 10.9. The van der Waals surface area contributed by atoms with E-state index in [0.717, 1.165) is 37.7 Å². The molecule has 0 N–H and O–H groups in total. The minimum Gasteiger partial charge on any atom is -0.263 e. The highest BCUT2D eigenvalue weighted by atomic mass is 32.2. The van der Waals surface area contributed by atoms with Gasteiger partial charge in [0.15, 0.2) is 0 Å². The highest BCUT2D eigenvalue weighted by molar-refractivity contribution is 7.86. The summed E-state index contributed by atoms with van der Waals surface area (Å²) < 4.78 is 29.2. The maximum absolute atomic E-state index is 12.0. The Hall–Kier alpha value is -0.870. The Morgan fingerprint density at radius 2 is 1.76 bits per heavy atom. The van der Waals surface area contributed by atoms with Crippen molar-refractivity contribution in [2.75, 3.05) is 0 Å². The highest BCUT2D eigenvalue weighted by Crippen LogP contribution is 2.25. The first kappa shape index (κ1) is 12.6. The number of hydrogen-bond acceptors (Lipinski definition) is 3. The Kier molecular flexibility index (Phi) is 3.84. The molecule has 4 heteroatoms. The van der Waals surface area contributed by atoms with Crippen LogP contribution in [0.4, 0.5) is 0 Å². The zero-order chi connectivity index (χ0) is 12.3. The van der Waals surface area contributed by atoms with Crippen LogP contribution in [0, 0.1) is 0 Å². The molecular formula is C13H18O3S. The van der Waals surface area contributed by atoms with Crippen molar-refractivity contribution >= 4 is 10.1 Å². The first-order chi connectivity index (χ1) is 8.12.